The molecule has 0 saturated carbocycles. The summed E-state index contributed by atoms with van der Waals surface area (Å²) >= 11 is 0. The molecule has 1 aliphatic rings. The number of fused-ring (bicyclic) bond motifs is 3. The zero-order chi connectivity index (χ0) is 22.2. The smallest absolute Gasteiger partial charge is 0.322 e. The molecule has 5 rings (SSSR count). The Balaban J connectivity index is 1.59. The number of carbonyl (C=O) groups is 1. The SMILES string of the molecule is COc1ccc2[nH]c3c(c2c1)CCN(C(=O)Nc1ccccc1F)[C@H]3c1ccc(F)cc1. The van der Waals surface area contributed by atoms with Gasteiger partial charge in [-0.25, -0.2) is 13.6 Å². The third-order valence-corrected chi connectivity index (χ3v) is 5.90. The summed E-state index contributed by atoms with van der Waals surface area (Å²) in [6.45, 7) is 0.416. The third kappa shape index (κ3) is 3.45. The minimum Gasteiger partial charge on any atom is -0.497 e. The standard InChI is InChI=1S/C25H21F2N3O2/c1-32-17-10-11-21-19(14-17)18-12-13-30(25(31)29-22-5-3-2-4-20(22)27)24(23(18)28-21)15-6-8-16(26)9-7-15/h2-11,14,24,28H,12-13H2,1H3,(H,29,31)/t24-/m0/s1. The molecule has 0 aliphatic carbocycles. The molecule has 0 unspecified atom stereocenters. The lowest BCUT2D eigenvalue weighted by Crippen LogP contribution is -2.43. The number of urea groups is 1. The second kappa shape index (κ2) is 8.00. The fourth-order valence-electron chi connectivity index (χ4n) is 4.35. The van der Waals surface area contributed by atoms with E-state index >= 15 is 0 Å². The van der Waals surface area contributed by atoms with Gasteiger partial charge in [-0.2, -0.15) is 0 Å². The maximum atomic E-state index is 14.1. The van der Waals surface area contributed by atoms with Crippen LogP contribution < -0.4 is 10.1 Å². The topological polar surface area (TPSA) is 57.4 Å². The number of halogens is 2. The Bertz CT molecular complexity index is 1300. The normalized spacial score (nSPS) is 15.5. The first-order valence-corrected chi connectivity index (χ1v) is 10.3. The molecule has 1 aromatic heterocycles. The lowest BCUT2D eigenvalue weighted by Gasteiger charge is -2.36. The van der Waals surface area contributed by atoms with Crippen LogP contribution in [0.3, 0.4) is 0 Å². The van der Waals surface area contributed by atoms with Gasteiger partial charge < -0.3 is 19.9 Å². The van der Waals surface area contributed by atoms with Crippen molar-refractivity contribution in [3.05, 3.63) is 95.2 Å². The van der Waals surface area contributed by atoms with Crippen molar-refractivity contribution in [3.63, 3.8) is 0 Å². The number of hydrogen-bond donors (Lipinski definition) is 2. The van der Waals surface area contributed by atoms with Crippen LogP contribution in [0.1, 0.15) is 22.9 Å². The van der Waals surface area contributed by atoms with Crippen molar-refractivity contribution in [1.82, 2.24) is 9.88 Å². The van der Waals surface area contributed by atoms with Crippen molar-refractivity contribution in [2.75, 3.05) is 19.0 Å². The van der Waals surface area contributed by atoms with Crippen molar-refractivity contribution in [2.45, 2.75) is 12.5 Å². The third-order valence-electron chi connectivity index (χ3n) is 5.90. The highest BCUT2D eigenvalue weighted by atomic mass is 19.1. The fourth-order valence-corrected chi connectivity index (χ4v) is 4.35. The summed E-state index contributed by atoms with van der Waals surface area (Å²) in [4.78, 5) is 18.3. The van der Waals surface area contributed by atoms with Gasteiger partial charge in [-0.3, -0.25) is 0 Å². The van der Waals surface area contributed by atoms with Crippen molar-refractivity contribution >= 4 is 22.6 Å². The predicted octanol–water partition coefficient (Wildman–Crippen LogP) is 5.63. The molecular weight excluding hydrogens is 412 g/mol. The van der Waals surface area contributed by atoms with E-state index in [9.17, 15) is 13.6 Å². The lowest BCUT2D eigenvalue weighted by atomic mass is 9.92. The molecular formula is C25H21F2N3O2. The molecule has 162 valence electrons. The number of aromatic amines is 1. The molecule has 2 amide bonds. The number of anilines is 1. The van der Waals surface area contributed by atoms with Gasteiger partial charge in [0.25, 0.3) is 0 Å². The number of carbonyl (C=O) groups excluding carboxylic acids is 1. The Morgan fingerprint density at radius 1 is 1.09 bits per heavy atom. The number of nitrogens with zero attached hydrogens (tertiary/aromatic N) is 1. The van der Waals surface area contributed by atoms with E-state index in [2.05, 4.69) is 10.3 Å². The van der Waals surface area contributed by atoms with Gasteiger partial charge in [0.05, 0.1) is 18.8 Å². The highest BCUT2D eigenvalue weighted by molar-refractivity contribution is 5.92. The van der Waals surface area contributed by atoms with E-state index in [0.29, 0.717) is 13.0 Å². The Kier molecular flexibility index (Phi) is 5.01. The van der Waals surface area contributed by atoms with Crippen LogP contribution in [-0.4, -0.2) is 29.6 Å². The molecule has 0 fully saturated rings. The quantitative estimate of drug-likeness (QED) is 0.440. The summed E-state index contributed by atoms with van der Waals surface area (Å²) in [6.07, 6.45) is 0.616. The molecule has 4 aromatic rings. The Labute approximate surface area is 183 Å². The van der Waals surface area contributed by atoms with E-state index in [1.54, 1.807) is 36.3 Å². The molecule has 5 nitrogen and oxygen atoms in total. The highest BCUT2D eigenvalue weighted by Gasteiger charge is 2.35. The number of amides is 2. The molecule has 7 heteroatoms. The number of hydrogen-bond acceptors (Lipinski definition) is 2. The maximum Gasteiger partial charge on any atom is 0.322 e. The van der Waals surface area contributed by atoms with Gasteiger partial charge in [0.1, 0.15) is 17.4 Å². The molecule has 1 atom stereocenters. The van der Waals surface area contributed by atoms with Crippen LogP contribution in [0.25, 0.3) is 10.9 Å². The van der Waals surface area contributed by atoms with Gasteiger partial charge in [0.15, 0.2) is 0 Å². The van der Waals surface area contributed by atoms with E-state index < -0.39 is 17.9 Å². The maximum absolute atomic E-state index is 14.1. The summed E-state index contributed by atoms with van der Waals surface area (Å²) < 4.78 is 33.1. The molecule has 2 N–H and O–H groups in total. The van der Waals surface area contributed by atoms with Crippen LogP contribution in [0.2, 0.25) is 0 Å². The molecule has 1 aliphatic heterocycles. The van der Waals surface area contributed by atoms with Crippen LogP contribution >= 0.6 is 0 Å². The van der Waals surface area contributed by atoms with Crippen LogP contribution in [0.5, 0.6) is 5.75 Å². The summed E-state index contributed by atoms with van der Waals surface area (Å²) in [6, 6.07) is 17.0. The highest BCUT2D eigenvalue weighted by Crippen LogP contribution is 2.39. The van der Waals surface area contributed by atoms with Gasteiger partial charge in [-0.1, -0.05) is 24.3 Å². The number of ether oxygens (including phenoxy) is 1. The minimum absolute atomic E-state index is 0.113. The lowest BCUT2D eigenvalue weighted by molar-refractivity contribution is 0.193. The van der Waals surface area contributed by atoms with Gasteiger partial charge in [0.2, 0.25) is 0 Å². The van der Waals surface area contributed by atoms with E-state index in [-0.39, 0.29) is 11.5 Å². The Morgan fingerprint density at radius 2 is 1.88 bits per heavy atom. The first-order chi connectivity index (χ1) is 15.5. The number of nitrogens with one attached hydrogen (secondary N) is 2. The molecule has 0 bridgehead atoms. The average Bonchev–Trinajstić information content (AvgIpc) is 3.18. The van der Waals surface area contributed by atoms with Crippen molar-refractivity contribution in [1.29, 1.82) is 0 Å². The van der Waals surface area contributed by atoms with Gasteiger partial charge in [0, 0.05) is 23.1 Å². The van der Waals surface area contributed by atoms with Crippen LogP contribution in [0, 0.1) is 11.6 Å². The van der Waals surface area contributed by atoms with Gasteiger partial charge in [-0.05, 0) is 60.0 Å². The molecule has 2 heterocycles. The van der Waals surface area contributed by atoms with Gasteiger partial charge in [-0.15, -0.1) is 0 Å². The number of benzene rings is 3. The summed E-state index contributed by atoms with van der Waals surface area (Å²) in [7, 11) is 1.62. The zero-order valence-electron chi connectivity index (χ0n) is 17.4. The van der Waals surface area contributed by atoms with Crippen LogP contribution in [0.15, 0.2) is 66.7 Å². The zero-order valence-corrected chi connectivity index (χ0v) is 17.4. The minimum atomic E-state index is -0.505. The Morgan fingerprint density at radius 3 is 2.62 bits per heavy atom. The monoisotopic (exact) mass is 433 g/mol. The van der Waals surface area contributed by atoms with E-state index in [0.717, 1.165) is 33.5 Å². The number of rotatable bonds is 3. The second-order valence-corrected chi connectivity index (χ2v) is 7.74. The fraction of sp³-hybridized carbons (Fsp3) is 0.160. The van der Waals surface area contributed by atoms with Crippen LogP contribution in [0.4, 0.5) is 19.3 Å². The van der Waals surface area contributed by atoms with Crippen LogP contribution in [-0.2, 0) is 6.42 Å². The first kappa shape index (κ1) is 20.1. The molecule has 0 radical (unpaired) electrons. The summed E-state index contributed by atoms with van der Waals surface area (Å²) in [5, 5.41) is 3.71. The summed E-state index contributed by atoms with van der Waals surface area (Å²) in [5.41, 5.74) is 3.74. The van der Waals surface area contributed by atoms with E-state index in [1.807, 2.05) is 18.2 Å². The average molecular weight is 433 g/mol. The van der Waals surface area contributed by atoms with Crippen molar-refractivity contribution < 1.29 is 18.3 Å². The van der Waals surface area contributed by atoms with Crippen molar-refractivity contribution in [2.24, 2.45) is 0 Å². The predicted molar refractivity (Wildman–Crippen MR) is 119 cm³/mol. The number of aromatic nitrogens is 1. The van der Waals surface area contributed by atoms with E-state index in [4.69, 9.17) is 4.74 Å². The first-order valence-electron chi connectivity index (χ1n) is 10.3. The van der Waals surface area contributed by atoms with E-state index in [1.165, 1.54) is 24.3 Å². The summed E-state index contributed by atoms with van der Waals surface area (Å²) in [5.74, 6) is -0.111. The number of methoxy groups -OCH3 is 1. The van der Waals surface area contributed by atoms with Gasteiger partial charge >= 0.3 is 6.03 Å². The number of para-hydroxylation sites is 1. The molecule has 32 heavy (non-hydrogen) atoms. The molecule has 0 saturated heterocycles. The largest absolute Gasteiger partial charge is 0.497 e. The molecule has 3 aromatic carbocycles. The molecule has 0 spiro atoms. The Hall–Kier alpha value is -3.87. The second-order valence-electron chi connectivity index (χ2n) is 7.74. The van der Waals surface area contributed by atoms with Crippen molar-refractivity contribution in [3.8, 4) is 5.75 Å². The number of H-pyrrole nitrogens is 1.